The number of carbonyl (C=O) groups is 2. The second-order valence-corrected chi connectivity index (χ2v) is 10.7. The molecule has 1 aliphatic heterocycles. The van der Waals surface area contributed by atoms with Gasteiger partial charge in [0.1, 0.15) is 11.5 Å². The van der Waals surface area contributed by atoms with Crippen LogP contribution in [0.3, 0.4) is 0 Å². The molecule has 1 heterocycles. The number of hydrogen-bond acceptors (Lipinski definition) is 5. The van der Waals surface area contributed by atoms with Crippen LogP contribution in [0.1, 0.15) is 27.6 Å². The lowest BCUT2D eigenvalue weighted by Gasteiger charge is -2.36. The molecule has 7 nitrogen and oxygen atoms in total. The summed E-state index contributed by atoms with van der Waals surface area (Å²) in [6.45, 7) is 5.24. The Labute approximate surface area is 257 Å². The highest BCUT2D eigenvalue weighted by Gasteiger charge is 2.24. The molecule has 7 heteroatoms. The zero-order chi connectivity index (χ0) is 30.5. The quantitative estimate of drug-likeness (QED) is 0.210. The minimum atomic E-state index is -0.169. The molecule has 0 aliphatic carbocycles. The van der Waals surface area contributed by atoms with E-state index < -0.39 is 0 Å². The molecule has 1 N–H and O–H groups in total. The lowest BCUT2D eigenvalue weighted by atomic mass is 9.94. The summed E-state index contributed by atoms with van der Waals surface area (Å²) >= 11 is 0. The van der Waals surface area contributed by atoms with E-state index in [1.54, 1.807) is 7.11 Å². The Morgan fingerprint density at radius 3 is 2.18 bits per heavy atom. The first-order valence-corrected chi connectivity index (χ1v) is 14.9. The maximum atomic E-state index is 13.8. The predicted molar refractivity (Wildman–Crippen MR) is 176 cm³/mol. The molecule has 1 saturated heterocycles. The smallest absolute Gasteiger partial charge is 0.255 e. The van der Waals surface area contributed by atoms with Gasteiger partial charge in [-0.15, -0.1) is 0 Å². The molecule has 0 bridgehead atoms. The standard InChI is InChI=1S/C37H35N3O4/c1-3-44-31-8-6-7-27(25-31)32-19-20-35(34-10-5-4-9-33(32)34)37(42)40-23-21-39(22-24-40)29-15-11-26(12-16-29)36(41)38-28-13-17-30(43-2)18-14-28/h4-20,25H,3,21-24H2,1-2H3,(H,38,41). The molecule has 2 amide bonds. The molecule has 44 heavy (non-hydrogen) atoms. The van der Waals surface area contributed by atoms with E-state index in [9.17, 15) is 9.59 Å². The van der Waals surface area contributed by atoms with Gasteiger partial charge in [-0.2, -0.15) is 0 Å². The normalized spacial score (nSPS) is 13.0. The van der Waals surface area contributed by atoms with Gasteiger partial charge in [-0.3, -0.25) is 9.59 Å². The molecule has 222 valence electrons. The summed E-state index contributed by atoms with van der Waals surface area (Å²) in [5.41, 5.74) is 5.17. The van der Waals surface area contributed by atoms with Gasteiger partial charge in [0.05, 0.1) is 13.7 Å². The van der Waals surface area contributed by atoms with E-state index in [1.807, 2.05) is 109 Å². The highest BCUT2D eigenvalue weighted by atomic mass is 16.5. The maximum Gasteiger partial charge on any atom is 0.255 e. The maximum absolute atomic E-state index is 13.8. The number of nitrogens with zero attached hydrogens (tertiary/aromatic N) is 2. The second-order valence-electron chi connectivity index (χ2n) is 10.7. The molecule has 0 saturated carbocycles. The lowest BCUT2D eigenvalue weighted by Crippen LogP contribution is -2.48. The number of amides is 2. The van der Waals surface area contributed by atoms with Crippen molar-refractivity contribution in [2.75, 3.05) is 50.1 Å². The third kappa shape index (κ3) is 6.08. The van der Waals surface area contributed by atoms with Gasteiger partial charge >= 0.3 is 0 Å². The molecule has 5 aromatic rings. The first-order chi connectivity index (χ1) is 21.5. The number of hydrogen-bond donors (Lipinski definition) is 1. The van der Waals surface area contributed by atoms with Crippen LogP contribution >= 0.6 is 0 Å². The first kappa shape index (κ1) is 28.8. The third-order valence-corrected chi connectivity index (χ3v) is 8.02. The van der Waals surface area contributed by atoms with Crippen LogP contribution in [0, 0.1) is 0 Å². The van der Waals surface area contributed by atoms with Crippen molar-refractivity contribution in [3.05, 3.63) is 120 Å². The number of methoxy groups -OCH3 is 1. The van der Waals surface area contributed by atoms with Gasteiger partial charge in [0.2, 0.25) is 0 Å². The van der Waals surface area contributed by atoms with Gasteiger partial charge in [-0.05, 0) is 95.6 Å². The van der Waals surface area contributed by atoms with Crippen molar-refractivity contribution < 1.29 is 19.1 Å². The van der Waals surface area contributed by atoms with Crippen LogP contribution in [0.4, 0.5) is 11.4 Å². The fourth-order valence-electron chi connectivity index (χ4n) is 5.70. The van der Waals surface area contributed by atoms with Gasteiger partial charge in [0.15, 0.2) is 0 Å². The first-order valence-electron chi connectivity index (χ1n) is 14.9. The molecule has 0 unspecified atom stereocenters. The Bertz CT molecular complexity index is 1780. The number of carbonyl (C=O) groups excluding carboxylic acids is 2. The number of benzene rings is 5. The largest absolute Gasteiger partial charge is 0.497 e. The predicted octanol–water partition coefficient (Wildman–Crippen LogP) is 7.13. The number of nitrogens with one attached hydrogen (secondary N) is 1. The summed E-state index contributed by atoms with van der Waals surface area (Å²) in [7, 11) is 1.61. The number of anilines is 2. The van der Waals surface area contributed by atoms with E-state index in [2.05, 4.69) is 22.3 Å². The number of rotatable bonds is 8. The SMILES string of the molecule is CCOc1cccc(-c2ccc(C(=O)N3CCN(c4ccc(C(=O)Nc5ccc(OC)cc5)cc4)CC3)c3ccccc23)c1. The van der Waals surface area contributed by atoms with Gasteiger partial charge < -0.3 is 24.6 Å². The minimum absolute atomic E-state index is 0.0426. The van der Waals surface area contributed by atoms with Crippen LogP contribution in [-0.2, 0) is 0 Å². The van der Waals surface area contributed by atoms with Crippen molar-refractivity contribution in [3.8, 4) is 22.6 Å². The van der Waals surface area contributed by atoms with E-state index in [1.165, 1.54) is 0 Å². The number of ether oxygens (including phenoxy) is 2. The van der Waals surface area contributed by atoms with E-state index in [-0.39, 0.29) is 11.8 Å². The molecular formula is C37H35N3O4. The van der Waals surface area contributed by atoms with E-state index >= 15 is 0 Å². The summed E-state index contributed by atoms with van der Waals surface area (Å²) in [4.78, 5) is 30.7. The third-order valence-electron chi connectivity index (χ3n) is 8.02. The van der Waals surface area contributed by atoms with Crippen molar-refractivity contribution in [1.82, 2.24) is 4.90 Å². The Morgan fingerprint density at radius 1 is 0.750 bits per heavy atom. The monoisotopic (exact) mass is 585 g/mol. The summed E-state index contributed by atoms with van der Waals surface area (Å²) in [5.74, 6) is 1.44. The molecule has 5 aromatic carbocycles. The minimum Gasteiger partial charge on any atom is -0.497 e. The molecule has 1 aliphatic rings. The summed E-state index contributed by atoms with van der Waals surface area (Å²) in [6, 6.07) is 35.0. The van der Waals surface area contributed by atoms with Crippen molar-refractivity contribution in [2.24, 2.45) is 0 Å². The molecule has 0 spiro atoms. The molecule has 1 fully saturated rings. The van der Waals surface area contributed by atoms with Crippen molar-refractivity contribution in [1.29, 1.82) is 0 Å². The van der Waals surface area contributed by atoms with Crippen LogP contribution in [0.15, 0.2) is 109 Å². The van der Waals surface area contributed by atoms with Crippen LogP contribution in [-0.4, -0.2) is 56.6 Å². The Morgan fingerprint density at radius 2 is 1.48 bits per heavy atom. The van der Waals surface area contributed by atoms with Crippen LogP contribution in [0.2, 0.25) is 0 Å². The zero-order valence-corrected chi connectivity index (χ0v) is 25.0. The Kier molecular flexibility index (Phi) is 8.46. The highest BCUT2D eigenvalue weighted by molar-refractivity contribution is 6.11. The molecule has 6 rings (SSSR count). The van der Waals surface area contributed by atoms with E-state index in [0.29, 0.717) is 49.6 Å². The average molecular weight is 586 g/mol. The number of piperazine rings is 1. The summed E-state index contributed by atoms with van der Waals surface area (Å²) in [5, 5.41) is 4.91. The molecule has 0 aromatic heterocycles. The van der Waals surface area contributed by atoms with Gasteiger partial charge in [-0.25, -0.2) is 0 Å². The summed E-state index contributed by atoms with van der Waals surface area (Å²) < 4.78 is 10.9. The molecular weight excluding hydrogens is 550 g/mol. The Hall–Kier alpha value is -5.30. The average Bonchev–Trinajstić information content (AvgIpc) is 3.08. The van der Waals surface area contributed by atoms with Gasteiger partial charge in [0, 0.05) is 48.7 Å². The molecule has 0 atom stereocenters. The highest BCUT2D eigenvalue weighted by Crippen LogP contribution is 2.33. The van der Waals surface area contributed by atoms with Crippen molar-refractivity contribution in [2.45, 2.75) is 6.92 Å². The van der Waals surface area contributed by atoms with E-state index in [4.69, 9.17) is 9.47 Å². The lowest BCUT2D eigenvalue weighted by molar-refractivity contribution is 0.0748. The molecule has 0 radical (unpaired) electrons. The van der Waals surface area contributed by atoms with Crippen LogP contribution in [0.25, 0.3) is 21.9 Å². The fourth-order valence-corrected chi connectivity index (χ4v) is 5.70. The van der Waals surface area contributed by atoms with Crippen LogP contribution < -0.4 is 19.7 Å². The number of fused-ring (bicyclic) bond motifs is 1. The van der Waals surface area contributed by atoms with Crippen molar-refractivity contribution >= 4 is 34.0 Å². The van der Waals surface area contributed by atoms with Crippen LogP contribution in [0.5, 0.6) is 11.5 Å². The topological polar surface area (TPSA) is 71.1 Å². The second kappa shape index (κ2) is 12.9. The summed E-state index contributed by atoms with van der Waals surface area (Å²) in [6.07, 6.45) is 0. The van der Waals surface area contributed by atoms with Gasteiger partial charge in [-0.1, -0.05) is 42.5 Å². The zero-order valence-electron chi connectivity index (χ0n) is 25.0. The van der Waals surface area contributed by atoms with E-state index in [0.717, 1.165) is 39.1 Å². The van der Waals surface area contributed by atoms with Gasteiger partial charge in [0.25, 0.3) is 11.8 Å². The Balaban J connectivity index is 1.12. The van der Waals surface area contributed by atoms with Crippen molar-refractivity contribution in [3.63, 3.8) is 0 Å². The fraction of sp³-hybridized carbons (Fsp3) is 0.189.